The van der Waals surface area contributed by atoms with Crippen LogP contribution in [0.5, 0.6) is 0 Å². The minimum Gasteiger partial charge on any atom is -0.369 e. The summed E-state index contributed by atoms with van der Waals surface area (Å²) in [6.07, 6.45) is 0.944. The molecular weight excluding hydrogens is 334 g/mol. The van der Waals surface area contributed by atoms with Gasteiger partial charge >= 0.3 is 0 Å². The molecule has 6 heteroatoms. The van der Waals surface area contributed by atoms with E-state index in [0.29, 0.717) is 12.3 Å². The Bertz CT molecular complexity index is 662. The van der Waals surface area contributed by atoms with Crippen LogP contribution in [0.25, 0.3) is 0 Å². The quantitative estimate of drug-likeness (QED) is 0.876. The summed E-state index contributed by atoms with van der Waals surface area (Å²) in [5.74, 6) is 0.664. The molecule has 1 atom stereocenters. The summed E-state index contributed by atoms with van der Waals surface area (Å²) < 4.78 is -0.447. The highest BCUT2D eigenvalue weighted by Crippen LogP contribution is 2.29. The van der Waals surface area contributed by atoms with Gasteiger partial charge in [-0.05, 0) is 38.8 Å². The van der Waals surface area contributed by atoms with E-state index in [1.54, 1.807) is 11.8 Å². The topological polar surface area (TPSA) is 52.7 Å². The smallest absolute Gasteiger partial charge is 0.246 e. The van der Waals surface area contributed by atoms with Crippen LogP contribution in [0.2, 0.25) is 0 Å². The molecule has 2 saturated heterocycles. The predicted molar refractivity (Wildman–Crippen MR) is 103 cm³/mol. The third-order valence-electron chi connectivity index (χ3n) is 5.02. The van der Waals surface area contributed by atoms with Gasteiger partial charge in [0.1, 0.15) is 6.04 Å². The molecule has 2 aliphatic rings. The molecule has 2 aliphatic heterocycles. The molecule has 0 radical (unpaired) electrons. The first-order valence-corrected chi connectivity index (χ1v) is 9.91. The molecule has 1 N–H and O–H groups in total. The Balaban J connectivity index is 1.62. The number of carbonyl (C=O) groups is 2. The van der Waals surface area contributed by atoms with Crippen molar-refractivity contribution in [3.63, 3.8) is 0 Å². The van der Waals surface area contributed by atoms with Gasteiger partial charge in [0.15, 0.2) is 0 Å². The summed E-state index contributed by atoms with van der Waals surface area (Å²) in [5.41, 5.74) is 2.51. The standard InChI is InChI=1S/C19H27N3O2S/c1-14-7-4-5-8-16(14)21-9-6-10-22(12-11-21)17(23)15-13-25-19(2,3)18(24)20-15/h4-5,7-8,15H,6,9-13H2,1-3H3,(H,20,24)/t15-/m1/s1. The van der Waals surface area contributed by atoms with E-state index >= 15 is 0 Å². The summed E-state index contributed by atoms with van der Waals surface area (Å²) in [5, 5.41) is 2.91. The summed E-state index contributed by atoms with van der Waals surface area (Å²) in [7, 11) is 0. The molecule has 5 nitrogen and oxygen atoms in total. The van der Waals surface area contributed by atoms with Crippen LogP contribution < -0.4 is 10.2 Å². The zero-order valence-corrected chi connectivity index (χ0v) is 16.1. The molecule has 1 aromatic carbocycles. The molecular formula is C19H27N3O2S. The van der Waals surface area contributed by atoms with Crippen LogP contribution in [0.1, 0.15) is 25.8 Å². The molecule has 2 amide bonds. The minimum atomic E-state index is -0.447. The van der Waals surface area contributed by atoms with Gasteiger partial charge in [0.2, 0.25) is 11.8 Å². The van der Waals surface area contributed by atoms with Gasteiger partial charge in [0.05, 0.1) is 4.75 Å². The number of hydrogen-bond donors (Lipinski definition) is 1. The Kier molecular flexibility index (Phi) is 5.27. The maximum atomic E-state index is 12.9. The van der Waals surface area contributed by atoms with Gasteiger partial charge in [0, 0.05) is 37.6 Å². The zero-order valence-electron chi connectivity index (χ0n) is 15.2. The van der Waals surface area contributed by atoms with Crippen LogP contribution >= 0.6 is 11.8 Å². The molecule has 2 heterocycles. The Hall–Kier alpha value is -1.69. The molecule has 0 unspecified atom stereocenters. The number of nitrogens with zero attached hydrogens (tertiary/aromatic N) is 2. The van der Waals surface area contributed by atoms with Gasteiger partial charge in [-0.2, -0.15) is 0 Å². The van der Waals surface area contributed by atoms with E-state index in [0.717, 1.165) is 26.1 Å². The summed E-state index contributed by atoms with van der Waals surface area (Å²) in [6, 6.07) is 7.99. The predicted octanol–water partition coefficient (Wildman–Crippen LogP) is 2.04. The van der Waals surface area contributed by atoms with Crippen molar-refractivity contribution in [3.05, 3.63) is 29.8 Å². The Morgan fingerprint density at radius 3 is 2.68 bits per heavy atom. The number of rotatable bonds is 2. The van der Waals surface area contributed by atoms with Crippen LogP contribution in [0.15, 0.2) is 24.3 Å². The number of para-hydroxylation sites is 1. The number of thioether (sulfide) groups is 1. The van der Waals surface area contributed by atoms with Crippen LogP contribution in [0, 0.1) is 6.92 Å². The van der Waals surface area contributed by atoms with Crippen molar-refractivity contribution in [2.45, 2.75) is 38.0 Å². The van der Waals surface area contributed by atoms with E-state index in [1.807, 2.05) is 18.7 Å². The second-order valence-corrected chi connectivity index (χ2v) is 8.94. The van der Waals surface area contributed by atoms with Gasteiger partial charge in [-0.25, -0.2) is 0 Å². The molecule has 2 fully saturated rings. The average molecular weight is 362 g/mol. The lowest BCUT2D eigenvalue weighted by atomic mass is 10.1. The molecule has 0 spiro atoms. The number of aryl methyl sites for hydroxylation is 1. The number of carbonyl (C=O) groups excluding carboxylic acids is 2. The maximum Gasteiger partial charge on any atom is 0.246 e. The SMILES string of the molecule is Cc1ccccc1N1CCCN(C(=O)[C@H]2CSC(C)(C)C(=O)N2)CC1. The Morgan fingerprint density at radius 2 is 1.96 bits per heavy atom. The third kappa shape index (κ3) is 3.94. The Morgan fingerprint density at radius 1 is 1.20 bits per heavy atom. The number of amides is 2. The van der Waals surface area contributed by atoms with E-state index in [1.165, 1.54) is 11.3 Å². The number of anilines is 1. The van der Waals surface area contributed by atoms with E-state index in [9.17, 15) is 9.59 Å². The zero-order chi connectivity index (χ0) is 18.0. The van der Waals surface area contributed by atoms with E-state index in [-0.39, 0.29) is 11.8 Å². The fourth-order valence-corrected chi connectivity index (χ4v) is 4.38. The van der Waals surface area contributed by atoms with Gasteiger partial charge in [0.25, 0.3) is 0 Å². The molecule has 3 rings (SSSR count). The van der Waals surface area contributed by atoms with Crippen molar-refractivity contribution >= 4 is 29.3 Å². The van der Waals surface area contributed by atoms with E-state index in [4.69, 9.17) is 0 Å². The molecule has 1 aromatic rings. The second-order valence-electron chi connectivity index (χ2n) is 7.30. The molecule has 0 aliphatic carbocycles. The minimum absolute atomic E-state index is 0.0431. The highest BCUT2D eigenvalue weighted by atomic mass is 32.2. The van der Waals surface area contributed by atoms with Crippen LogP contribution in [-0.2, 0) is 9.59 Å². The van der Waals surface area contributed by atoms with Crippen molar-refractivity contribution in [2.24, 2.45) is 0 Å². The van der Waals surface area contributed by atoms with Gasteiger partial charge in [-0.15, -0.1) is 11.8 Å². The second kappa shape index (κ2) is 7.28. The van der Waals surface area contributed by atoms with Crippen molar-refractivity contribution in [2.75, 3.05) is 36.8 Å². The van der Waals surface area contributed by atoms with Crippen molar-refractivity contribution in [1.29, 1.82) is 0 Å². The van der Waals surface area contributed by atoms with Gasteiger partial charge in [-0.1, -0.05) is 18.2 Å². The molecule has 0 aromatic heterocycles. The summed E-state index contributed by atoms with van der Waals surface area (Å²) in [6.45, 7) is 9.16. The molecule has 136 valence electrons. The Labute approximate surface area is 154 Å². The lowest BCUT2D eigenvalue weighted by Crippen LogP contribution is -2.58. The van der Waals surface area contributed by atoms with Gasteiger partial charge in [-0.3, -0.25) is 9.59 Å². The normalized spacial score (nSPS) is 23.8. The van der Waals surface area contributed by atoms with Crippen LogP contribution in [-0.4, -0.2) is 59.4 Å². The summed E-state index contributed by atoms with van der Waals surface area (Å²) in [4.78, 5) is 29.3. The number of nitrogens with one attached hydrogen (secondary N) is 1. The fraction of sp³-hybridized carbons (Fsp3) is 0.579. The maximum absolute atomic E-state index is 12.9. The highest BCUT2D eigenvalue weighted by Gasteiger charge is 2.39. The monoisotopic (exact) mass is 361 g/mol. The largest absolute Gasteiger partial charge is 0.369 e. The number of benzene rings is 1. The molecule has 0 saturated carbocycles. The third-order valence-corrected chi connectivity index (χ3v) is 6.43. The van der Waals surface area contributed by atoms with Crippen molar-refractivity contribution in [3.8, 4) is 0 Å². The highest BCUT2D eigenvalue weighted by molar-refractivity contribution is 8.01. The first-order chi connectivity index (χ1) is 11.9. The van der Waals surface area contributed by atoms with E-state index < -0.39 is 10.8 Å². The summed E-state index contributed by atoms with van der Waals surface area (Å²) >= 11 is 1.56. The first kappa shape index (κ1) is 18.1. The molecule has 0 bridgehead atoms. The lowest BCUT2D eigenvalue weighted by Gasteiger charge is -2.35. The van der Waals surface area contributed by atoms with Crippen LogP contribution in [0.4, 0.5) is 5.69 Å². The first-order valence-electron chi connectivity index (χ1n) is 8.93. The van der Waals surface area contributed by atoms with Gasteiger partial charge < -0.3 is 15.1 Å². The van der Waals surface area contributed by atoms with Crippen molar-refractivity contribution in [1.82, 2.24) is 10.2 Å². The molecule has 25 heavy (non-hydrogen) atoms. The number of hydrogen-bond acceptors (Lipinski definition) is 4. The van der Waals surface area contributed by atoms with Crippen LogP contribution in [0.3, 0.4) is 0 Å². The average Bonchev–Trinajstić information content (AvgIpc) is 2.83. The fourth-order valence-electron chi connectivity index (χ4n) is 3.38. The van der Waals surface area contributed by atoms with Crippen molar-refractivity contribution < 1.29 is 9.59 Å². The van der Waals surface area contributed by atoms with E-state index in [2.05, 4.69) is 41.4 Å². The lowest BCUT2D eigenvalue weighted by molar-refractivity contribution is -0.136.